The molecule has 3 aromatic rings. The van der Waals surface area contributed by atoms with Gasteiger partial charge >= 0.3 is 0 Å². The van der Waals surface area contributed by atoms with Gasteiger partial charge in [-0.2, -0.15) is 0 Å². The Bertz CT molecular complexity index is 1010. The Labute approximate surface area is 178 Å². The van der Waals surface area contributed by atoms with Crippen molar-refractivity contribution < 1.29 is 18.7 Å². The molecule has 0 aliphatic heterocycles. The van der Waals surface area contributed by atoms with E-state index in [2.05, 4.69) is 16.7 Å². The molecule has 30 heavy (non-hydrogen) atoms. The van der Waals surface area contributed by atoms with Crippen molar-refractivity contribution in [1.82, 2.24) is 0 Å². The van der Waals surface area contributed by atoms with Crippen molar-refractivity contribution >= 4 is 34.5 Å². The zero-order chi connectivity index (χ0) is 21.3. The van der Waals surface area contributed by atoms with Crippen LogP contribution in [0.5, 0.6) is 5.75 Å². The zero-order valence-corrected chi connectivity index (χ0v) is 17.4. The highest BCUT2D eigenvalue weighted by atomic mass is 32.1. The number of hydrogen-bond acceptors (Lipinski definition) is 4. The Morgan fingerprint density at radius 1 is 1.03 bits per heavy atom. The van der Waals surface area contributed by atoms with Crippen molar-refractivity contribution in [3.05, 3.63) is 76.2 Å². The predicted molar refractivity (Wildman–Crippen MR) is 118 cm³/mol. The second-order valence-electron chi connectivity index (χ2n) is 6.59. The lowest BCUT2D eigenvalue weighted by molar-refractivity contribution is -0.116. The standard InChI is InChI=1S/C23H23FN2O3S/c1-2-29-21-12-11-18(15-20(21)24)26-23(28)16-6-3-7-17(14-16)25-22(27)10-4-8-19-9-5-13-30-19/h3,5-7,9,11-15H,2,4,8,10H2,1H3,(H,25,27)(H,26,28). The molecule has 0 unspecified atom stereocenters. The highest BCUT2D eigenvalue weighted by molar-refractivity contribution is 7.09. The van der Waals surface area contributed by atoms with Gasteiger partial charge in [-0.1, -0.05) is 12.1 Å². The van der Waals surface area contributed by atoms with E-state index in [9.17, 15) is 14.0 Å². The molecule has 0 aliphatic rings. The van der Waals surface area contributed by atoms with Crippen LogP contribution in [0, 0.1) is 5.82 Å². The predicted octanol–water partition coefficient (Wildman–Crippen LogP) is 5.50. The molecule has 0 saturated carbocycles. The lowest BCUT2D eigenvalue weighted by Crippen LogP contribution is -2.14. The van der Waals surface area contributed by atoms with Gasteiger partial charge in [0, 0.05) is 34.3 Å². The minimum atomic E-state index is -0.543. The number of ether oxygens (including phenoxy) is 1. The number of nitrogens with one attached hydrogen (secondary N) is 2. The minimum absolute atomic E-state index is 0.0994. The summed E-state index contributed by atoms with van der Waals surface area (Å²) in [5.41, 5.74) is 1.23. The third-order valence-electron chi connectivity index (χ3n) is 4.31. The van der Waals surface area contributed by atoms with E-state index in [0.717, 1.165) is 12.8 Å². The summed E-state index contributed by atoms with van der Waals surface area (Å²) in [4.78, 5) is 25.9. The van der Waals surface area contributed by atoms with Crippen LogP contribution >= 0.6 is 11.3 Å². The molecule has 0 spiro atoms. The van der Waals surface area contributed by atoms with Crippen LogP contribution < -0.4 is 15.4 Å². The first-order chi connectivity index (χ1) is 14.5. The number of hydrogen-bond donors (Lipinski definition) is 2. The molecule has 0 radical (unpaired) electrons. The Kier molecular flexibility index (Phi) is 7.57. The molecule has 1 aromatic heterocycles. The van der Waals surface area contributed by atoms with Crippen LogP contribution in [0.1, 0.15) is 35.0 Å². The SMILES string of the molecule is CCOc1ccc(NC(=O)c2cccc(NC(=O)CCCc3cccs3)c2)cc1F. The van der Waals surface area contributed by atoms with Crippen molar-refractivity contribution in [3.63, 3.8) is 0 Å². The molecular weight excluding hydrogens is 403 g/mol. The Morgan fingerprint density at radius 2 is 1.87 bits per heavy atom. The summed E-state index contributed by atoms with van der Waals surface area (Å²) in [6.07, 6.45) is 2.03. The highest BCUT2D eigenvalue weighted by Crippen LogP contribution is 2.22. The van der Waals surface area contributed by atoms with E-state index in [-0.39, 0.29) is 11.7 Å². The molecule has 0 atom stereocenters. The molecule has 2 N–H and O–H groups in total. The van der Waals surface area contributed by atoms with Gasteiger partial charge in [-0.3, -0.25) is 9.59 Å². The molecule has 2 aromatic carbocycles. The van der Waals surface area contributed by atoms with Gasteiger partial charge in [-0.05, 0) is 61.5 Å². The Hall–Kier alpha value is -3.19. The summed E-state index contributed by atoms with van der Waals surface area (Å²) < 4.78 is 19.1. The summed E-state index contributed by atoms with van der Waals surface area (Å²) in [6.45, 7) is 2.12. The lowest BCUT2D eigenvalue weighted by Gasteiger charge is -2.10. The molecule has 0 aliphatic carbocycles. The quantitative estimate of drug-likeness (QED) is 0.475. The van der Waals surface area contributed by atoms with Gasteiger partial charge in [-0.25, -0.2) is 4.39 Å². The van der Waals surface area contributed by atoms with Crippen LogP contribution in [-0.4, -0.2) is 18.4 Å². The number of rotatable bonds is 9. The van der Waals surface area contributed by atoms with Gasteiger partial charge < -0.3 is 15.4 Å². The van der Waals surface area contributed by atoms with Gasteiger partial charge in [0.1, 0.15) is 0 Å². The van der Waals surface area contributed by atoms with Crippen molar-refractivity contribution in [2.24, 2.45) is 0 Å². The summed E-state index contributed by atoms with van der Waals surface area (Å²) in [6, 6.07) is 15.0. The molecule has 2 amide bonds. The summed E-state index contributed by atoms with van der Waals surface area (Å²) in [5.74, 6) is -0.900. The normalized spacial score (nSPS) is 10.5. The second-order valence-corrected chi connectivity index (χ2v) is 7.63. The van der Waals surface area contributed by atoms with Crippen LogP contribution in [0.3, 0.4) is 0 Å². The summed E-state index contributed by atoms with van der Waals surface area (Å²) in [5, 5.41) is 7.49. The largest absolute Gasteiger partial charge is 0.491 e. The monoisotopic (exact) mass is 426 g/mol. The molecular formula is C23H23FN2O3S. The lowest BCUT2D eigenvalue weighted by atomic mass is 10.1. The third kappa shape index (κ3) is 6.15. The number of thiophene rings is 1. The smallest absolute Gasteiger partial charge is 0.255 e. The van der Waals surface area contributed by atoms with E-state index in [0.29, 0.717) is 30.0 Å². The molecule has 5 nitrogen and oxygen atoms in total. The maximum atomic E-state index is 14.0. The molecule has 0 bridgehead atoms. The van der Waals surface area contributed by atoms with E-state index < -0.39 is 11.7 Å². The average molecular weight is 427 g/mol. The van der Waals surface area contributed by atoms with Gasteiger partial charge in [0.2, 0.25) is 5.91 Å². The van der Waals surface area contributed by atoms with E-state index in [1.54, 1.807) is 48.6 Å². The zero-order valence-electron chi connectivity index (χ0n) is 16.6. The van der Waals surface area contributed by atoms with Crippen LogP contribution in [0.25, 0.3) is 0 Å². The maximum absolute atomic E-state index is 14.0. The van der Waals surface area contributed by atoms with Crippen LogP contribution in [0.4, 0.5) is 15.8 Å². The first-order valence-corrected chi connectivity index (χ1v) is 10.6. The third-order valence-corrected chi connectivity index (χ3v) is 5.24. The number of halogens is 1. The van der Waals surface area contributed by atoms with Gasteiger partial charge in [0.25, 0.3) is 5.91 Å². The van der Waals surface area contributed by atoms with E-state index >= 15 is 0 Å². The number of aryl methyl sites for hydroxylation is 1. The van der Waals surface area contributed by atoms with Crippen LogP contribution in [-0.2, 0) is 11.2 Å². The molecule has 1 heterocycles. The average Bonchev–Trinajstić information content (AvgIpc) is 3.24. The fourth-order valence-electron chi connectivity index (χ4n) is 2.89. The number of anilines is 2. The van der Waals surface area contributed by atoms with Gasteiger partial charge in [0.05, 0.1) is 6.61 Å². The summed E-state index contributed by atoms with van der Waals surface area (Å²) in [7, 11) is 0. The molecule has 0 saturated heterocycles. The van der Waals surface area contributed by atoms with Gasteiger partial charge in [0.15, 0.2) is 11.6 Å². The highest BCUT2D eigenvalue weighted by Gasteiger charge is 2.11. The second kappa shape index (κ2) is 10.5. The van der Waals surface area contributed by atoms with Crippen LogP contribution in [0.2, 0.25) is 0 Å². The van der Waals surface area contributed by atoms with E-state index in [4.69, 9.17) is 4.74 Å². The topological polar surface area (TPSA) is 67.4 Å². The fourth-order valence-corrected chi connectivity index (χ4v) is 3.65. The van der Waals surface area contributed by atoms with E-state index in [1.165, 1.54) is 17.0 Å². The first-order valence-electron chi connectivity index (χ1n) is 9.71. The minimum Gasteiger partial charge on any atom is -0.491 e. The number of amides is 2. The summed E-state index contributed by atoms with van der Waals surface area (Å²) >= 11 is 1.68. The van der Waals surface area contributed by atoms with Crippen molar-refractivity contribution in [3.8, 4) is 5.75 Å². The fraction of sp³-hybridized carbons (Fsp3) is 0.217. The first kappa shape index (κ1) is 21.5. The molecule has 156 valence electrons. The number of benzene rings is 2. The Balaban J connectivity index is 1.55. The maximum Gasteiger partial charge on any atom is 0.255 e. The van der Waals surface area contributed by atoms with Crippen LogP contribution in [0.15, 0.2) is 60.0 Å². The van der Waals surface area contributed by atoms with Crippen molar-refractivity contribution in [1.29, 1.82) is 0 Å². The van der Waals surface area contributed by atoms with Crippen molar-refractivity contribution in [2.75, 3.05) is 17.2 Å². The Morgan fingerprint density at radius 3 is 2.60 bits per heavy atom. The molecule has 0 fully saturated rings. The van der Waals surface area contributed by atoms with Crippen molar-refractivity contribution in [2.45, 2.75) is 26.2 Å². The molecule has 7 heteroatoms. The van der Waals surface area contributed by atoms with E-state index in [1.807, 2.05) is 11.4 Å². The number of carbonyl (C=O) groups excluding carboxylic acids is 2. The van der Waals surface area contributed by atoms with Gasteiger partial charge in [-0.15, -0.1) is 11.3 Å². The number of carbonyl (C=O) groups is 2. The molecule has 3 rings (SSSR count).